The van der Waals surface area contributed by atoms with Gasteiger partial charge in [-0.3, -0.25) is 4.79 Å². The highest BCUT2D eigenvalue weighted by molar-refractivity contribution is 5.89. The molecule has 6 heteroatoms. The van der Waals surface area contributed by atoms with Crippen molar-refractivity contribution >= 4 is 28.3 Å². The second-order valence-electron chi connectivity index (χ2n) is 4.31. The topological polar surface area (TPSA) is 90.9 Å². The molecule has 3 aromatic rings. The summed E-state index contributed by atoms with van der Waals surface area (Å²) >= 11 is 0. The first-order valence-electron chi connectivity index (χ1n) is 5.85. The fourth-order valence-electron chi connectivity index (χ4n) is 2.02. The van der Waals surface area contributed by atoms with Gasteiger partial charge in [-0.25, -0.2) is 0 Å². The minimum Gasteiger partial charge on any atom is -0.504 e. The van der Waals surface area contributed by atoms with Crippen molar-refractivity contribution in [3.05, 3.63) is 52.7 Å². The fraction of sp³-hybridized carbons (Fsp3) is 0. The second kappa shape index (κ2) is 5.52. The minimum atomic E-state index is -0.739. The van der Waals surface area contributed by atoms with Crippen LogP contribution in [0.3, 0.4) is 0 Å². The summed E-state index contributed by atoms with van der Waals surface area (Å²) in [6.07, 6.45) is 0. The third kappa shape index (κ3) is 2.47. The number of benzene rings is 2. The number of phenolic OH excluding ortho intramolecular Hbond substituents is 3. The largest absolute Gasteiger partial charge is 0.504 e. The van der Waals surface area contributed by atoms with Gasteiger partial charge < -0.3 is 19.7 Å². The van der Waals surface area contributed by atoms with Crippen LogP contribution >= 0.6 is 0 Å². The molecule has 106 valence electrons. The third-order valence-electron chi connectivity index (χ3n) is 3.00. The van der Waals surface area contributed by atoms with Gasteiger partial charge in [-0.2, -0.15) is 0 Å². The molecule has 5 nitrogen and oxygen atoms in total. The average molecular weight is 300 g/mol. The molecule has 0 radical (unpaired) electrons. The molecule has 0 atom stereocenters. The Hall–Kier alpha value is -2.42. The van der Waals surface area contributed by atoms with Gasteiger partial charge in [0.05, 0.1) is 0 Å². The van der Waals surface area contributed by atoms with E-state index in [1.165, 1.54) is 6.07 Å². The van der Waals surface area contributed by atoms with Crippen molar-refractivity contribution in [2.45, 2.75) is 0 Å². The Labute approximate surface area is 129 Å². The molecule has 0 aliphatic rings. The van der Waals surface area contributed by atoms with Gasteiger partial charge in [-0.15, -0.1) is 0 Å². The molecule has 0 bridgehead atoms. The maximum Gasteiger partial charge on any atom is 0.201 e. The van der Waals surface area contributed by atoms with E-state index >= 15 is 0 Å². The molecule has 1 aromatic heterocycles. The number of aromatic hydroxyl groups is 3. The molecule has 0 spiro atoms. The van der Waals surface area contributed by atoms with E-state index in [-0.39, 0.29) is 28.3 Å². The van der Waals surface area contributed by atoms with Gasteiger partial charge in [0.1, 0.15) is 16.7 Å². The Balaban J connectivity index is 0.00000161. The van der Waals surface area contributed by atoms with Crippen LogP contribution in [0, 0.1) is 0 Å². The molecule has 2 aromatic carbocycles. The van der Waals surface area contributed by atoms with Crippen molar-refractivity contribution in [3.63, 3.8) is 0 Å². The van der Waals surface area contributed by atoms with Crippen LogP contribution in [0.2, 0.25) is 0 Å². The molecule has 21 heavy (non-hydrogen) atoms. The van der Waals surface area contributed by atoms with Gasteiger partial charge in [-0.05, 0) is 0 Å². The summed E-state index contributed by atoms with van der Waals surface area (Å²) in [5.41, 5.74) is 0.195. The number of phenols is 3. The standard InChI is InChI=1S/C15H10O5.Al.3H/c16-9-6-11(8-4-2-1-3-5-8)20-12-7-10(17)14(18)15(19)13(9)12;;;;/h1-7,17-19H;;;;. The molecular formula is C15H13AlO5. The lowest BCUT2D eigenvalue weighted by Crippen LogP contribution is -2.00. The summed E-state index contributed by atoms with van der Waals surface area (Å²) in [6.45, 7) is 0. The Morgan fingerprint density at radius 3 is 2.24 bits per heavy atom. The van der Waals surface area contributed by atoms with Crippen LogP contribution in [0.5, 0.6) is 17.2 Å². The predicted octanol–water partition coefficient (Wildman–Crippen LogP) is 1.39. The second-order valence-corrected chi connectivity index (χ2v) is 4.31. The van der Waals surface area contributed by atoms with Crippen LogP contribution in [0.25, 0.3) is 22.3 Å². The molecule has 3 rings (SSSR count). The first-order chi connectivity index (χ1) is 9.58. The van der Waals surface area contributed by atoms with Crippen molar-refractivity contribution in [2.24, 2.45) is 0 Å². The number of hydrogen-bond acceptors (Lipinski definition) is 5. The SMILES string of the molecule is O=c1cc(-c2ccccc2)oc2cc(O)c(O)c(O)c12.[AlH3]. The lowest BCUT2D eigenvalue weighted by molar-refractivity contribution is 0.370. The number of rotatable bonds is 1. The Bertz CT molecular complexity index is 855. The van der Waals surface area contributed by atoms with E-state index in [2.05, 4.69) is 0 Å². The summed E-state index contributed by atoms with van der Waals surface area (Å²) in [7, 11) is 0. The van der Waals surface area contributed by atoms with Crippen LogP contribution < -0.4 is 5.43 Å². The van der Waals surface area contributed by atoms with Crippen LogP contribution in [0.4, 0.5) is 0 Å². The lowest BCUT2D eigenvalue weighted by Gasteiger charge is -2.06. The normalized spacial score (nSPS) is 10.3. The minimum absolute atomic E-state index is 0. The molecule has 1 heterocycles. The molecule has 3 N–H and O–H groups in total. The molecule has 0 saturated carbocycles. The van der Waals surface area contributed by atoms with Crippen LogP contribution in [0.1, 0.15) is 0 Å². The summed E-state index contributed by atoms with van der Waals surface area (Å²) < 4.78 is 5.51. The summed E-state index contributed by atoms with van der Waals surface area (Å²) in [5, 5.41) is 28.5. The van der Waals surface area contributed by atoms with Crippen molar-refractivity contribution in [2.75, 3.05) is 0 Å². The summed E-state index contributed by atoms with van der Waals surface area (Å²) in [5.74, 6) is -1.67. The highest BCUT2D eigenvalue weighted by Gasteiger charge is 2.17. The third-order valence-corrected chi connectivity index (χ3v) is 3.00. The van der Waals surface area contributed by atoms with E-state index < -0.39 is 22.7 Å². The lowest BCUT2D eigenvalue weighted by atomic mass is 10.1. The highest BCUT2D eigenvalue weighted by Crippen LogP contribution is 2.40. The zero-order chi connectivity index (χ0) is 14.3. The van der Waals surface area contributed by atoms with Gasteiger partial charge in [0.2, 0.25) is 5.75 Å². The first-order valence-corrected chi connectivity index (χ1v) is 5.85. The molecule has 0 aliphatic carbocycles. The van der Waals surface area contributed by atoms with E-state index in [4.69, 9.17) is 4.42 Å². The molecule has 0 unspecified atom stereocenters. The van der Waals surface area contributed by atoms with E-state index in [0.717, 1.165) is 6.07 Å². The van der Waals surface area contributed by atoms with Gasteiger partial charge in [0.25, 0.3) is 0 Å². The van der Waals surface area contributed by atoms with Gasteiger partial charge >= 0.3 is 0 Å². The zero-order valence-corrected chi connectivity index (χ0v) is 10.2. The van der Waals surface area contributed by atoms with Crippen LogP contribution in [-0.4, -0.2) is 32.7 Å². The number of hydrogen-bond donors (Lipinski definition) is 3. The molecular weight excluding hydrogens is 287 g/mol. The first kappa shape index (κ1) is 15.0. The Morgan fingerprint density at radius 1 is 0.905 bits per heavy atom. The molecule has 0 fully saturated rings. The van der Waals surface area contributed by atoms with Gasteiger partial charge in [0.15, 0.2) is 34.3 Å². The van der Waals surface area contributed by atoms with Crippen molar-refractivity contribution < 1.29 is 19.7 Å². The van der Waals surface area contributed by atoms with Crippen LogP contribution in [-0.2, 0) is 0 Å². The van der Waals surface area contributed by atoms with Crippen LogP contribution in [0.15, 0.2) is 51.7 Å². The quantitative estimate of drug-likeness (QED) is 0.467. The Morgan fingerprint density at radius 2 is 1.57 bits per heavy atom. The van der Waals surface area contributed by atoms with E-state index in [0.29, 0.717) is 11.3 Å². The average Bonchev–Trinajstić information content (AvgIpc) is 2.45. The molecule has 0 saturated heterocycles. The predicted molar refractivity (Wildman–Crippen MR) is 82.9 cm³/mol. The zero-order valence-electron chi connectivity index (χ0n) is 10.2. The highest BCUT2D eigenvalue weighted by atomic mass is 27.0. The number of fused-ring (bicyclic) bond motifs is 1. The van der Waals surface area contributed by atoms with E-state index in [1.807, 2.05) is 6.07 Å². The van der Waals surface area contributed by atoms with Crippen molar-refractivity contribution in [1.82, 2.24) is 0 Å². The molecule has 0 amide bonds. The molecule has 0 aliphatic heterocycles. The van der Waals surface area contributed by atoms with Gasteiger partial charge in [-0.1, -0.05) is 30.3 Å². The maximum atomic E-state index is 12.0. The van der Waals surface area contributed by atoms with Crippen molar-refractivity contribution in [1.29, 1.82) is 0 Å². The monoisotopic (exact) mass is 300 g/mol. The summed E-state index contributed by atoms with van der Waals surface area (Å²) in [6, 6.07) is 11.3. The van der Waals surface area contributed by atoms with Gasteiger partial charge in [0, 0.05) is 17.7 Å². The van der Waals surface area contributed by atoms with E-state index in [1.54, 1.807) is 24.3 Å². The summed E-state index contributed by atoms with van der Waals surface area (Å²) in [4.78, 5) is 12.0. The maximum absolute atomic E-state index is 12.0. The Kier molecular flexibility index (Phi) is 3.94. The van der Waals surface area contributed by atoms with E-state index in [9.17, 15) is 20.1 Å². The fourth-order valence-corrected chi connectivity index (χ4v) is 2.02. The van der Waals surface area contributed by atoms with Crippen molar-refractivity contribution in [3.8, 4) is 28.6 Å². The smallest absolute Gasteiger partial charge is 0.201 e.